The predicted octanol–water partition coefficient (Wildman–Crippen LogP) is 3.78. The van der Waals surface area contributed by atoms with Gasteiger partial charge in [0.1, 0.15) is 5.75 Å². The summed E-state index contributed by atoms with van der Waals surface area (Å²) in [7, 11) is 1.72. The predicted molar refractivity (Wildman–Crippen MR) is 79.2 cm³/mol. The molecular formula is C15H22BrNO. The molecule has 0 bridgehead atoms. The van der Waals surface area contributed by atoms with Crippen LogP contribution in [0, 0.1) is 5.41 Å². The van der Waals surface area contributed by atoms with E-state index in [4.69, 9.17) is 4.74 Å². The highest BCUT2D eigenvalue weighted by Gasteiger charge is 2.42. The van der Waals surface area contributed by atoms with Crippen LogP contribution in [-0.2, 0) is 6.42 Å². The van der Waals surface area contributed by atoms with Crippen molar-refractivity contribution in [3.05, 3.63) is 28.2 Å². The van der Waals surface area contributed by atoms with Crippen molar-refractivity contribution in [1.29, 1.82) is 0 Å². The van der Waals surface area contributed by atoms with Gasteiger partial charge >= 0.3 is 0 Å². The zero-order valence-corrected chi connectivity index (χ0v) is 12.8. The zero-order chi connectivity index (χ0) is 13.0. The molecule has 0 aliphatic heterocycles. The third-order valence-electron chi connectivity index (χ3n) is 3.70. The number of nitrogens with one attached hydrogen (secondary N) is 1. The topological polar surface area (TPSA) is 21.3 Å². The van der Waals surface area contributed by atoms with Gasteiger partial charge in [0.15, 0.2) is 0 Å². The van der Waals surface area contributed by atoms with Crippen molar-refractivity contribution in [1.82, 2.24) is 5.32 Å². The van der Waals surface area contributed by atoms with Gasteiger partial charge in [-0.3, -0.25) is 0 Å². The lowest BCUT2D eigenvalue weighted by Gasteiger charge is -2.17. The molecule has 0 heterocycles. The van der Waals surface area contributed by atoms with E-state index in [1.54, 1.807) is 7.11 Å². The fraction of sp³-hybridized carbons (Fsp3) is 0.600. The van der Waals surface area contributed by atoms with Crippen molar-refractivity contribution in [2.75, 3.05) is 20.2 Å². The second-order valence-electron chi connectivity index (χ2n) is 5.31. The van der Waals surface area contributed by atoms with E-state index in [1.165, 1.54) is 29.3 Å². The molecule has 0 spiro atoms. The molecule has 1 aromatic carbocycles. The van der Waals surface area contributed by atoms with Crippen LogP contribution in [0.5, 0.6) is 5.75 Å². The molecule has 1 fully saturated rings. The van der Waals surface area contributed by atoms with E-state index < -0.39 is 0 Å². The maximum Gasteiger partial charge on any atom is 0.119 e. The monoisotopic (exact) mass is 311 g/mol. The lowest BCUT2D eigenvalue weighted by atomic mass is 9.96. The lowest BCUT2D eigenvalue weighted by Crippen LogP contribution is -2.26. The molecule has 18 heavy (non-hydrogen) atoms. The molecule has 100 valence electrons. The molecule has 1 saturated carbocycles. The van der Waals surface area contributed by atoms with Crippen molar-refractivity contribution in [3.8, 4) is 5.75 Å². The quantitative estimate of drug-likeness (QED) is 0.774. The lowest BCUT2D eigenvalue weighted by molar-refractivity contribution is 0.412. The van der Waals surface area contributed by atoms with Gasteiger partial charge in [0.05, 0.1) is 7.11 Å². The largest absolute Gasteiger partial charge is 0.497 e. The fourth-order valence-corrected chi connectivity index (χ4v) is 2.73. The van der Waals surface area contributed by atoms with E-state index >= 15 is 0 Å². The van der Waals surface area contributed by atoms with Crippen LogP contribution in [0.15, 0.2) is 22.7 Å². The number of methoxy groups -OCH3 is 1. The van der Waals surface area contributed by atoms with Crippen LogP contribution in [0.25, 0.3) is 0 Å². The number of benzene rings is 1. The molecule has 3 heteroatoms. The SMILES string of the molecule is CCCNCC1(Cc2cc(OC)ccc2Br)CC1. The maximum absolute atomic E-state index is 5.31. The Morgan fingerprint density at radius 2 is 2.17 bits per heavy atom. The Balaban J connectivity index is 2.00. The first-order valence-electron chi connectivity index (χ1n) is 6.72. The van der Waals surface area contributed by atoms with Crippen LogP contribution in [-0.4, -0.2) is 20.2 Å². The number of rotatable bonds is 7. The van der Waals surface area contributed by atoms with E-state index in [0.717, 1.165) is 25.3 Å². The minimum atomic E-state index is 0.490. The molecule has 1 N–H and O–H groups in total. The summed E-state index contributed by atoms with van der Waals surface area (Å²) in [5, 5.41) is 3.56. The summed E-state index contributed by atoms with van der Waals surface area (Å²) in [6, 6.07) is 6.25. The van der Waals surface area contributed by atoms with E-state index in [9.17, 15) is 0 Å². The summed E-state index contributed by atoms with van der Waals surface area (Å²) < 4.78 is 6.51. The molecule has 1 aliphatic carbocycles. The molecule has 0 amide bonds. The minimum Gasteiger partial charge on any atom is -0.497 e. The van der Waals surface area contributed by atoms with Crippen LogP contribution in [0.1, 0.15) is 31.7 Å². The van der Waals surface area contributed by atoms with Crippen molar-refractivity contribution in [3.63, 3.8) is 0 Å². The molecule has 0 saturated heterocycles. The van der Waals surface area contributed by atoms with Gasteiger partial charge in [-0.2, -0.15) is 0 Å². The van der Waals surface area contributed by atoms with E-state index in [1.807, 2.05) is 6.07 Å². The second kappa shape index (κ2) is 6.07. The Kier molecular flexibility index (Phi) is 4.68. The van der Waals surface area contributed by atoms with Gasteiger partial charge in [-0.1, -0.05) is 22.9 Å². The van der Waals surface area contributed by atoms with Crippen LogP contribution < -0.4 is 10.1 Å². The molecular weight excluding hydrogens is 290 g/mol. The Hall–Kier alpha value is -0.540. The molecule has 0 radical (unpaired) electrons. The molecule has 2 nitrogen and oxygen atoms in total. The highest BCUT2D eigenvalue weighted by atomic mass is 79.9. The molecule has 0 aromatic heterocycles. The number of hydrogen-bond donors (Lipinski definition) is 1. The van der Waals surface area contributed by atoms with Gasteiger partial charge in [-0.05, 0) is 61.4 Å². The van der Waals surface area contributed by atoms with Gasteiger partial charge in [0, 0.05) is 11.0 Å². The van der Waals surface area contributed by atoms with E-state index in [2.05, 4.69) is 40.3 Å². The summed E-state index contributed by atoms with van der Waals surface area (Å²) in [4.78, 5) is 0. The number of ether oxygens (including phenoxy) is 1. The Labute approximate surface area is 118 Å². The Morgan fingerprint density at radius 1 is 1.39 bits per heavy atom. The van der Waals surface area contributed by atoms with Crippen LogP contribution in [0.4, 0.5) is 0 Å². The standard InChI is InChI=1S/C15H22BrNO/c1-3-8-17-11-15(6-7-15)10-12-9-13(18-2)4-5-14(12)16/h4-5,9,17H,3,6-8,10-11H2,1-2H3. The molecule has 1 aromatic rings. The summed E-state index contributed by atoms with van der Waals surface area (Å²) in [6.45, 7) is 4.48. The number of hydrogen-bond acceptors (Lipinski definition) is 2. The second-order valence-corrected chi connectivity index (χ2v) is 6.17. The minimum absolute atomic E-state index is 0.490. The maximum atomic E-state index is 5.31. The Morgan fingerprint density at radius 3 is 2.78 bits per heavy atom. The van der Waals surface area contributed by atoms with Crippen molar-refractivity contribution in [2.24, 2.45) is 5.41 Å². The van der Waals surface area contributed by atoms with Crippen molar-refractivity contribution in [2.45, 2.75) is 32.6 Å². The zero-order valence-electron chi connectivity index (χ0n) is 11.3. The van der Waals surface area contributed by atoms with Gasteiger partial charge in [-0.25, -0.2) is 0 Å². The molecule has 0 unspecified atom stereocenters. The summed E-state index contributed by atoms with van der Waals surface area (Å²) in [5.41, 5.74) is 1.86. The third-order valence-corrected chi connectivity index (χ3v) is 4.48. The summed E-state index contributed by atoms with van der Waals surface area (Å²) in [6.07, 6.45) is 5.03. The highest BCUT2D eigenvalue weighted by Crippen LogP contribution is 2.48. The van der Waals surface area contributed by atoms with Crippen molar-refractivity contribution >= 4 is 15.9 Å². The van der Waals surface area contributed by atoms with Gasteiger partial charge in [-0.15, -0.1) is 0 Å². The van der Waals surface area contributed by atoms with E-state index in [-0.39, 0.29) is 0 Å². The van der Waals surface area contributed by atoms with Gasteiger partial charge < -0.3 is 10.1 Å². The number of halogens is 1. The molecule has 1 aliphatic rings. The highest BCUT2D eigenvalue weighted by molar-refractivity contribution is 9.10. The van der Waals surface area contributed by atoms with E-state index in [0.29, 0.717) is 5.41 Å². The first-order chi connectivity index (χ1) is 8.69. The normalized spacial score (nSPS) is 16.6. The van der Waals surface area contributed by atoms with Crippen LogP contribution in [0.3, 0.4) is 0 Å². The van der Waals surface area contributed by atoms with Crippen molar-refractivity contribution < 1.29 is 4.74 Å². The summed E-state index contributed by atoms with van der Waals surface area (Å²) in [5.74, 6) is 0.950. The summed E-state index contributed by atoms with van der Waals surface area (Å²) >= 11 is 3.65. The molecule has 0 atom stereocenters. The first-order valence-corrected chi connectivity index (χ1v) is 7.51. The van der Waals surface area contributed by atoms with Gasteiger partial charge in [0.25, 0.3) is 0 Å². The van der Waals surface area contributed by atoms with Gasteiger partial charge in [0.2, 0.25) is 0 Å². The average Bonchev–Trinajstić information content (AvgIpc) is 3.13. The van der Waals surface area contributed by atoms with Crippen LogP contribution in [0.2, 0.25) is 0 Å². The fourth-order valence-electron chi connectivity index (χ4n) is 2.34. The third kappa shape index (κ3) is 3.48. The smallest absolute Gasteiger partial charge is 0.119 e. The van der Waals surface area contributed by atoms with Crippen LogP contribution >= 0.6 is 15.9 Å². The Bertz CT molecular complexity index is 401. The first kappa shape index (κ1) is 13.9. The molecule has 2 rings (SSSR count). The average molecular weight is 312 g/mol.